The number of amides is 2. The standard InChI is InChI=1S/C17H12N4O2S/c22-15-14(16(23)19-17(24)18-15)10-11-6-8-13(9-7-11)21-20-12-4-2-1-3-5-12/h1-10H,(H2,18,19,22,23,24). The molecule has 0 bridgehead atoms. The summed E-state index contributed by atoms with van der Waals surface area (Å²) in [4.78, 5) is 23.6. The summed E-state index contributed by atoms with van der Waals surface area (Å²) in [6.07, 6.45) is 1.49. The van der Waals surface area contributed by atoms with Gasteiger partial charge in [0.15, 0.2) is 5.11 Å². The summed E-state index contributed by atoms with van der Waals surface area (Å²) in [5, 5.41) is 13.0. The van der Waals surface area contributed by atoms with Crippen LogP contribution in [0.1, 0.15) is 5.56 Å². The van der Waals surface area contributed by atoms with Crippen LogP contribution in [0.2, 0.25) is 0 Å². The zero-order chi connectivity index (χ0) is 16.9. The van der Waals surface area contributed by atoms with E-state index in [2.05, 4.69) is 20.9 Å². The van der Waals surface area contributed by atoms with Gasteiger partial charge in [0.25, 0.3) is 11.8 Å². The fourth-order valence-corrected chi connectivity index (χ4v) is 2.21. The van der Waals surface area contributed by atoms with Crippen molar-refractivity contribution in [3.63, 3.8) is 0 Å². The molecule has 0 unspecified atom stereocenters. The number of nitrogens with zero attached hydrogens (tertiary/aromatic N) is 2. The monoisotopic (exact) mass is 336 g/mol. The van der Waals surface area contributed by atoms with E-state index in [1.54, 1.807) is 24.3 Å². The fourth-order valence-electron chi connectivity index (χ4n) is 2.02. The first-order valence-corrected chi connectivity index (χ1v) is 7.48. The van der Waals surface area contributed by atoms with Crippen LogP contribution in [0.15, 0.2) is 70.4 Å². The summed E-state index contributed by atoms with van der Waals surface area (Å²) in [5.74, 6) is -1.03. The van der Waals surface area contributed by atoms with Gasteiger partial charge in [0.2, 0.25) is 0 Å². The van der Waals surface area contributed by atoms with E-state index in [1.165, 1.54) is 6.08 Å². The molecule has 0 spiro atoms. The molecule has 1 heterocycles. The fraction of sp³-hybridized carbons (Fsp3) is 0. The van der Waals surface area contributed by atoms with Crippen molar-refractivity contribution in [2.75, 3.05) is 0 Å². The van der Waals surface area contributed by atoms with Gasteiger partial charge in [-0.05, 0) is 48.1 Å². The molecule has 7 heteroatoms. The molecule has 1 saturated heterocycles. The molecule has 0 atom stereocenters. The molecule has 0 saturated carbocycles. The molecular formula is C17H12N4O2S. The Hall–Kier alpha value is -3.19. The van der Waals surface area contributed by atoms with Crippen LogP contribution in [0, 0.1) is 0 Å². The zero-order valence-corrected chi connectivity index (χ0v) is 13.2. The molecule has 0 aromatic heterocycles. The smallest absolute Gasteiger partial charge is 0.263 e. The lowest BCUT2D eigenvalue weighted by atomic mass is 10.1. The highest BCUT2D eigenvalue weighted by molar-refractivity contribution is 7.80. The van der Waals surface area contributed by atoms with Crippen LogP contribution >= 0.6 is 12.2 Å². The molecule has 24 heavy (non-hydrogen) atoms. The minimum absolute atomic E-state index is 0.00209. The Kier molecular flexibility index (Phi) is 4.53. The van der Waals surface area contributed by atoms with Gasteiger partial charge < -0.3 is 0 Å². The average Bonchev–Trinajstić information content (AvgIpc) is 2.58. The lowest BCUT2D eigenvalue weighted by Crippen LogP contribution is -2.51. The Bertz CT molecular complexity index is 836. The number of hydrogen-bond acceptors (Lipinski definition) is 5. The highest BCUT2D eigenvalue weighted by atomic mass is 32.1. The van der Waals surface area contributed by atoms with Crippen molar-refractivity contribution in [3.05, 3.63) is 65.7 Å². The minimum atomic E-state index is -0.517. The Balaban J connectivity index is 1.76. The summed E-state index contributed by atoms with van der Waals surface area (Å²) in [5.41, 5.74) is 2.12. The molecule has 1 aliphatic rings. The van der Waals surface area contributed by atoms with E-state index in [1.807, 2.05) is 30.3 Å². The Morgan fingerprint density at radius 2 is 1.33 bits per heavy atom. The van der Waals surface area contributed by atoms with Gasteiger partial charge >= 0.3 is 0 Å². The maximum atomic E-state index is 11.8. The number of carbonyl (C=O) groups is 2. The van der Waals surface area contributed by atoms with E-state index >= 15 is 0 Å². The Morgan fingerprint density at radius 3 is 1.92 bits per heavy atom. The molecule has 118 valence electrons. The topological polar surface area (TPSA) is 82.9 Å². The lowest BCUT2D eigenvalue weighted by molar-refractivity contribution is -0.123. The van der Waals surface area contributed by atoms with Gasteiger partial charge in [-0.15, -0.1) is 0 Å². The Labute approximate surface area is 143 Å². The van der Waals surface area contributed by atoms with Crippen LogP contribution in [0.4, 0.5) is 11.4 Å². The second-order valence-electron chi connectivity index (χ2n) is 4.92. The van der Waals surface area contributed by atoms with Crippen LogP contribution in [0.3, 0.4) is 0 Å². The molecular weight excluding hydrogens is 324 g/mol. The first-order chi connectivity index (χ1) is 11.6. The van der Waals surface area contributed by atoms with Crippen molar-refractivity contribution in [1.82, 2.24) is 10.6 Å². The maximum Gasteiger partial charge on any atom is 0.263 e. The van der Waals surface area contributed by atoms with E-state index in [0.717, 1.165) is 5.69 Å². The predicted molar refractivity (Wildman–Crippen MR) is 93.9 cm³/mol. The molecule has 0 aliphatic carbocycles. The highest BCUT2D eigenvalue weighted by Crippen LogP contribution is 2.19. The maximum absolute atomic E-state index is 11.8. The summed E-state index contributed by atoms with van der Waals surface area (Å²) in [6.45, 7) is 0. The van der Waals surface area contributed by atoms with Crippen molar-refractivity contribution in [2.24, 2.45) is 10.2 Å². The van der Waals surface area contributed by atoms with Gasteiger partial charge in [-0.3, -0.25) is 20.2 Å². The largest absolute Gasteiger partial charge is 0.299 e. The first-order valence-electron chi connectivity index (χ1n) is 7.07. The SMILES string of the molecule is O=C1NC(=S)NC(=O)C1=Cc1ccc(N=Nc2ccccc2)cc1. The predicted octanol–water partition coefficient (Wildman–Crippen LogP) is 3.02. The van der Waals surface area contributed by atoms with E-state index in [4.69, 9.17) is 12.2 Å². The normalized spacial score (nSPS) is 14.5. The average molecular weight is 336 g/mol. The van der Waals surface area contributed by atoms with E-state index in [-0.39, 0.29) is 10.7 Å². The molecule has 1 fully saturated rings. The minimum Gasteiger partial charge on any atom is -0.299 e. The molecule has 0 radical (unpaired) electrons. The molecule has 2 aromatic rings. The molecule has 1 aliphatic heterocycles. The van der Waals surface area contributed by atoms with Crippen LogP contribution in [0.25, 0.3) is 6.08 Å². The third-order valence-electron chi connectivity index (χ3n) is 3.18. The van der Waals surface area contributed by atoms with Crippen molar-refractivity contribution in [3.8, 4) is 0 Å². The number of carbonyl (C=O) groups excluding carboxylic acids is 2. The number of azo groups is 1. The van der Waals surface area contributed by atoms with Crippen LogP contribution < -0.4 is 10.6 Å². The first kappa shape index (κ1) is 15.7. The second-order valence-corrected chi connectivity index (χ2v) is 5.33. The molecule has 6 nitrogen and oxygen atoms in total. The third-order valence-corrected chi connectivity index (χ3v) is 3.39. The number of benzene rings is 2. The van der Waals surface area contributed by atoms with E-state index in [0.29, 0.717) is 11.3 Å². The van der Waals surface area contributed by atoms with Gasteiger partial charge in [-0.1, -0.05) is 30.3 Å². The van der Waals surface area contributed by atoms with Crippen LogP contribution in [0.5, 0.6) is 0 Å². The Morgan fingerprint density at radius 1 is 0.792 bits per heavy atom. The van der Waals surface area contributed by atoms with Gasteiger partial charge in [0, 0.05) is 0 Å². The summed E-state index contributed by atoms with van der Waals surface area (Å²) in [6, 6.07) is 16.4. The number of rotatable bonds is 3. The van der Waals surface area contributed by atoms with Gasteiger partial charge in [0.1, 0.15) is 5.57 Å². The highest BCUT2D eigenvalue weighted by Gasteiger charge is 2.25. The van der Waals surface area contributed by atoms with Gasteiger partial charge in [0.05, 0.1) is 11.4 Å². The second kappa shape index (κ2) is 6.93. The molecule has 2 amide bonds. The molecule has 2 aromatic carbocycles. The molecule has 2 N–H and O–H groups in total. The van der Waals surface area contributed by atoms with E-state index < -0.39 is 11.8 Å². The van der Waals surface area contributed by atoms with Crippen molar-refractivity contribution in [1.29, 1.82) is 0 Å². The van der Waals surface area contributed by atoms with Crippen LogP contribution in [-0.4, -0.2) is 16.9 Å². The van der Waals surface area contributed by atoms with Crippen LogP contribution in [-0.2, 0) is 9.59 Å². The third kappa shape index (κ3) is 3.76. The van der Waals surface area contributed by atoms with Crippen molar-refractivity contribution in [2.45, 2.75) is 0 Å². The number of nitrogens with one attached hydrogen (secondary N) is 2. The quantitative estimate of drug-likeness (QED) is 0.391. The lowest BCUT2D eigenvalue weighted by Gasteiger charge is -2.16. The number of thiocarbonyl (C=S) groups is 1. The van der Waals surface area contributed by atoms with Crippen molar-refractivity contribution >= 4 is 46.6 Å². The van der Waals surface area contributed by atoms with Crippen molar-refractivity contribution < 1.29 is 9.59 Å². The van der Waals surface area contributed by atoms with Gasteiger partial charge in [-0.2, -0.15) is 10.2 Å². The summed E-state index contributed by atoms with van der Waals surface area (Å²) < 4.78 is 0. The number of hydrogen-bond donors (Lipinski definition) is 2. The van der Waals surface area contributed by atoms with Gasteiger partial charge in [-0.25, -0.2) is 0 Å². The zero-order valence-electron chi connectivity index (χ0n) is 12.4. The van der Waals surface area contributed by atoms with E-state index in [9.17, 15) is 9.59 Å². The summed E-state index contributed by atoms with van der Waals surface area (Å²) in [7, 11) is 0. The molecule has 3 rings (SSSR count). The summed E-state index contributed by atoms with van der Waals surface area (Å²) >= 11 is 4.75.